The van der Waals surface area contributed by atoms with E-state index < -0.39 is 24.1 Å². The first-order valence-corrected chi connectivity index (χ1v) is 11.3. The number of anilines is 1. The number of amides is 2. The van der Waals surface area contributed by atoms with Gasteiger partial charge in [0, 0.05) is 46.0 Å². The molecule has 1 heterocycles. The van der Waals surface area contributed by atoms with Crippen LogP contribution in [-0.2, 0) is 19.1 Å². The molecule has 186 valence electrons. The summed E-state index contributed by atoms with van der Waals surface area (Å²) >= 11 is 0. The van der Waals surface area contributed by atoms with Crippen LogP contribution in [0.3, 0.4) is 0 Å². The molecule has 2 amide bonds. The fourth-order valence-electron chi connectivity index (χ4n) is 3.73. The van der Waals surface area contributed by atoms with Gasteiger partial charge in [-0.25, -0.2) is 4.39 Å². The minimum atomic E-state index is -1.19. The van der Waals surface area contributed by atoms with Gasteiger partial charge in [0.1, 0.15) is 24.1 Å². The Morgan fingerprint density at radius 1 is 1.21 bits per heavy atom. The summed E-state index contributed by atoms with van der Waals surface area (Å²) in [6, 6.07) is 5.74. The molecule has 0 saturated carbocycles. The van der Waals surface area contributed by atoms with Crippen molar-refractivity contribution in [3.05, 3.63) is 30.1 Å². The SMILES string of the molecule is CO[C@H]1CN(C(C)=O)CCCN(CC(=O)Nc2cccc(F)c2)CCCCOC[C@H](O)[C@@H]1O. The number of ether oxygens (including phenoxy) is 2. The van der Waals surface area contributed by atoms with Gasteiger partial charge in [0.05, 0.1) is 13.2 Å². The monoisotopic (exact) mass is 469 g/mol. The third kappa shape index (κ3) is 9.73. The largest absolute Gasteiger partial charge is 0.388 e. The van der Waals surface area contributed by atoms with Gasteiger partial charge in [-0.05, 0) is 44.0 Å². The fourth-order valence-corrected chi connectivity index (χ4v) is 3.73. The molecule has 0 unspecified atom stereocenters. The number of aliphatic hydroxyl groups is 2. The van der Waals surface area contributed by atoms with Crippen LogP contribution in [0.2, 0.25) is 0 Å². The molecule has 1 aliphatic rings. The molecule has 2 rings (SSSR count). The summed E-state index contributed by atoms with van der Waals surface area (Å²) in [7, 11) is 1.42. The molecule has 0 aliphatic carbocycles. The molecule has 1 saturated heterocycles. The highest BCUT2D eigenvalue weighted by Gasteiger charge is 2.29. The second-order valence-corrected chi connectivity index (χ2v) is 8.27. The van der Waals surface area contributed by atoms with E-state index in [0.717, 1.165) is 12.8 Å². The summed E-state index contributed by atoms with van der Waals surface area (Å²) in [6.07, 6.45) is -0.979. The number of hydrogen-bond donors (Lipinski definition) is 3. The standard InChI is InChI=1S/C23H36FN3O6/c1-17(28)27-11-6-10-26(15-22(30)25-19-8-5-7-18(24)13-19)9-3-4-12-33-16-20(29)23(31)21(14-27)32-2/h5,7-8,13,20-21,23,29,31H,3-4,6,9-12,14-16H2,1-2H3,(H,25,30)/t20-,21-,23-/m0/s1. The fraction of sp³-hybridized carbons (Fsp3) is 0.652. The lowest BCUT2D eigenvalue weighted by Crippen LogP contribution is -2.48. The lowest BCUT2D eigenvalue weighted by Gasteiger charge is -2.31. The molecule has 33 heavy (non-hydrogen) atoms. The first kappa shape index (κ1) is 27.1. The van der Waals surface area contributed by atoms with Crippen molar-refractivity contribution in [2.75, 3.05) is 58.4 Å². The van der Waals surface area contributed by atoms with Crippen LogP contribution in [0, 0.1) is 5.82 Å². The van der Waals surface area contributed by atoms with Gasteiger partial charge in [-0.3, -0.25) is 14.5 Å². The zero-order valence-corrected chi connectivity index (χ0v) is 19.4. The maximum atomic E-state index is 13.4. The van der Waals surface area contributed by atoms with E-state index >= 15 is 0 Å². The van der Waals surface area contributed by atoms with E-state index in [2.05, 4.69) is 5.32 Å². The van der Waals surface area contributed by atoms with Gasteiger partial charge in [0.25, 0.3) is 0 Å². The van der Waals surface area contributed by atoms with Crippen LogP contribution < -0.4 is 5.32 Å². The van der Waals surface area contributed by atoms with Crippen molar-refractivity contribution in [2.24, 2.45) is 0 Å². The Morgan fingerprint density at radius 3 is 2.67 bits per heavy atom. The van der Waals surface area contributed by atoms with Crippen molar-refractivity contribution in [1.29, 1.82) is 0 Å². The van der Waals surface area contributed by atoms with Gasteiger partial charge in [-0.1, -0.05) is 6.07 Å². The number of aliphatic hydroxyl groups excluding tert-OH is 2. The summed E-state index contributed by atoms with van der Waals surface area (Å²) in [5.74, 6) is -0.838. The molecule has 1 aliphatic heterocycles. The average Bonchev–Trinajstić information content (AvgIpc) is 2.77. The molecule has 1 aromatic rings. The maximum absolute atomic E-state index is 13.4. The zero-order chi connectivity index (χ0) is 24.2. The number of nitrogens with zero attached hydrogens (tertiary/aromatic N) is 2. The number of benzene rings is 1. The van der Waals surface area contributed by atoms with Crippen molar-refractivity contribution in [2.45, 2.75) is 44.5 Å². The van der Waals surface area contributed by atoms with Crippen molar-refractivity contribution < 1.29 is 33.7 Å². The van der Waals surface area contributed by atoms with Gasteiger partial charge in [0.2, 0.25) is 11.8 Å². The number of hydrogen-bond acceptors (Lipinski definition) is 7. The van der Waals surface area contributed by atoms with Crippen LogP contribution in [0.25, 0.3) is 0 Å². The normalized spacial score (nSPS) is 24.5. The van der Waals surface area contributed by atoms with E-state index in [9.17, 15) is 24.2 Å². The molecule has 3 atom stereocenters. The number of nitrogens with one attached hydrogen (secondary N) is 1. The first-order valence-electron chi connectivity index (χ1n) is 11.3. The molecule has 10 heteroatoms. The average molecular weight is 470 g/mol. The number of carbonyl (C=O) groups is 2. The highest BCUT2D eigenvalue weighted by molar-refractivity contribution is 5.92. The van der Waals surface area contributed by atoms with Crippen LogP contribution in [-0.4, -0.2) is 103 Å². The van der Waals surface area contributed by atoms with E-state index in [1.54, 1.807) is 11.0 Å². The maximum Gasteiger partial charge on any atom is 0.238 e. The predicted octanol–water partition coefficient (Wildman–Crippen LogP) is 0.852. The third-order valence-corrected chi connectivity index (χ3v) is 5.60. The van der Waals surface area contributed by atoms with Crippen LogP contribution in [0.1, 0.15) is 26.2 Å². The predicted molar refractivity (Wildman–Crippen MR) is 121 cm³/mol. The molecule has 0 aromatic heterocycles. The van der Waals surface area contributed by atoms with E-state index in [1.165, 1.54) is 32.2 Å². The summed E-state index contributed by atoms with van der Waals surface area (Å²) in [5.41, 5.74) is 0.400. The highest BCUT2D eigenvalue weighted by atomic mass is 19.1. The second kappa shape index (κ2) is 14.2. The van der Waals surface area contributed by atoms with Gasteiger partial charge in [-0.15, -0.1) is 0 Å². The minimum absolute atomic E-state index is 0.0408. The van der Waals surface area contributed by atoms with Crippen LogP contribution >= 0.6 is 0 Å². The summed E-state index contributed by atoms with van der Waals surface area (Å²) in [5, 5.41) is 23.3. The Kier molecular flexibility index (Phi) is 11.7. The van der Waals surface area contributed by atoms with E-state index in [1.807, 2.05) is 4.90 Å². The van der Waals surface area contributed by atoms with E-state index in [0.29, 0.717) is 38.3 Å². The Hall–Kier alpha value is -2.11. The van der Waals surface area contributed by atoms with Gasteiger partial charge < -0.3 is 29.9 Å². The summed E-state index contributed by atoms with van der Waals surface area (Å²) in [6.45, 7) is 3.70. The smallest absolute Gasteiger partial charge is 0.238 e. The molecule has 1 aromatic carbocycles. The van der Waals surface area contributed by atoms with Crippen LogP contribution in [0.4, 0.5) is 10.1 Å². The van der Waals surface area contributed by atoms with Gasteiger partial charge >= 0.3 is 0 Å². The quantitative estimate of drug-likeness (QED) is 0.600. The van der Waals surface area contributed by atoms with Gasteiger partial charge in [0.15, 0.2) is 0 Å². The molecule has 3 N–H and O–H groups in total. The third-order valence-electron chi connectivity index (χ3n) is 5.60. The topological polar surface area (TPSA) is 112 Å². The second-order valence-electron chi connectivity index (χ2n) is 8.27. The zero-order valence-electron chi connectivity index (χ0n) is 19.4. The lowest BCUT2D eigenvalue weighted by atomic mass is 10.1. The number of methoxy groups -OCH3 is 1. The van der Waals surface area contributed by atoms with Crippen molar-refractivity contribution in [3.63, 3.8) is 0 Å². The summed E-state index contributed by atoms with van der Waals surface area (Å²) in [4.78, 5) is 28.2. The number of rotatable bonds is 4. The van der Waals surface area contributed by atoms with Crippen molar-refractivity contribution >= 4 is 17.5 Å². The summed E-state index contributed by atoms with van der Waals surface area (Å²) < 4.78 is 24.2. The number of halogens is 1. The molecular weight excluding hydrogens is 433 g/mol. The Morgan fingerprint density at radius 2 is 1.97 bits per heavy atom. The van der Waals surface area contributed by atoms with Gasteiger partial charge in [-0.2, -0.15) is 0 Å². The van der Waals surface area contributed by atoms with E-state index in [-0.39, 0.29) is 31.5 Å². The van der Waals surface area contributed by atoms with Crippen molar-refractivity contribution in [3.8, 4) is 0 Å². The molecule has 9 nitrogen and oxygen atoms in total. The molecule has 0 bridgehead atoms. The van der Waals surface area contributed by atoms with E-state index in [4.69, 9.17) is 9.47 Å². The van der Waals surface area contributed by atoms with Crippen LogP contribution in [0.5, 0.6) is 0 Å². The molecule has 0 spiro atoms. The van der Waals surface area contributed by atoms with Crippen LogP contribution in [0.15, 0.2) is 24.3 Å². The Labute approximate surface area is 194 Å². The molecule has 0 radical (unpaired) electrons. The first-order chi connectivity index (χ1) is 15.8. The lowest BCUT2D eigenvalue weighted by molar-refractivity contribution is -0.136. The molecular formula is C23H36FN3O6. The Balaban J connectivity index is 2.01. The van der Waals surface area contributed by atoms with Crippen molar-refractivity contribution in [1.82, 2.24) is 9.80 Å². The Bertz CT molecular complexity index is 753. The number of carbonyl (C=O) groups excluding carboxylic acids is 2. The minimum Gasteiger partial charge on any atom is -0.388 e. The highest BCUT2D eigenvalue weighted by Crippen LogP contribution is 2.11. The molecule has 1 fully saturated rings.